The lowest BCUT2D eigenvalue weighted by atomic mass is 9.40. The minimum atomic E-state index is 0.188. The first-order chi connectivity index (χ1) is 45.4. The maximum Gasteiger partial charge on any atom is -0.0239 e. The monoisotopic (exact) mass is 1360 g/mol. The zero-order valence-electron chi connectivity index (χ0n) is 74.1. The lowest BCUT2D eigenvalue weighted by Crippen LogP contribution is -2.58. The van der Waals surface area contributed by atoms with E-state index in [2.05, 4.69) is 263 Å². The molecule has 0 radical (unpaired) electrons. The van der Waals surface area contributed by atoms with Crippen molar-refractivity contribution in [1.82, 2.24) is 0 Å². The predicted octanol–water partition coefficient (Wildman–Crippen LogP) is 30.0. The first kappa shape index (κ1) is 85.3. The van der Waals surface area contributed by atoms with Gasteiger partial charge < -0.3 is 0 Å². The number of hydrogen-bond donors (Lipinski definition) is 0. The predicted molar refractivity (Wildman–Crippen MR) is 436 cm³/mol. The maximum atomic E-state index is 2.87. The molecule has 0 saturated heterocycles. The van der Waals surface area contributed by atoms with Crippen LogP contribution in [0.15, 0.2) is 0 Å². The van der Waals surface area contributed by atoms with Crippen LogP contribution in [0.2, 0.25) is 0 Å². The van der Waals surface area contributed by atoms with E-state index in [0.717, 1.165) is 260 Å². The average Bonchev–Trinajstić information content (AvgIpc) is 0.724. The van der Waals surface area contributed by atoms with Crippen LogP contribution in [0.4, 0.5) is 0 Å². The normalized spacial score (nSPS) is 47.9. The molecular weight excluding hydrogens is 1180 g/mol. The smallest absolute Gasteiger partial charge is 0.0239 e. The molecule has 7 saturated carbocycles. The van der Waals surface area contributed by atoms with Crippen molar-refractivity contribution in [3.05, 3.63) is 0 Å². The van der Waals surface area contributed by atoms with Crippen molar-refractivity contribution in [3.8, 4) is 0 Å². The van der Waals surface area contributed by atoms with E-state index >= 15 is 0 Å². The molecule has 0 heteroatoms. The molecule has 7 fully saturated rings. The Bertz CT molecular complexity index is 2320. The van der Waals surface area contributed by atoms with Gasteiger partial charge in [0.25, 0.3) is 0 Å². The molecule has 0 aliphatic heterocycles. The molecule has 0 aromatic heterocycles. The van der Waals surface area contributed by atoms with Gasteiger partial charge >= 0.3 is 0 Å². The van der Waals surface area contributed by atoms with Gasteiger partial charge in [-0.3, -0.25) is 0 Å². The van der Waals surface area contributed by atoms with Gasteiger partial charge in [-0.2, -0.15) is 0 Å². The molecule has 0 spiro atoms. The molecule has 0 bridgehead atoms. The fourth-order valence-corrected chi connectivity index (χ4v) is 32.0. The van der Waals surface area contributed by atoms with Gasteiger partial charge in [-0.15, -0.1) is 0 Å². The number of hydrogen-bond acceptors (Lipinski definition) is 0. The van der Waals surface area contributed by atoms with Gasteiger partial charge in [0.1, 0.15) is 0 Å². The minimum Gasteiger partial charge on any atom is -0.0654 e. The Morgan fingerprint density at radius 2 is 0.653 bits per heavy atom. The molecule has 7 rings (SSSR count). The third kappa shape index (κ3) is 15.7. The molecular formula is C98H184. The first-order valence-electron chi connectivity index (χ1n) is 45.4. The summed E-state index contributed by atoms with van der Waals surface area (Å²) in [5.41, 5.74) is 0.654. The van der Waals surface area contributed by atoms with Crippen LogP contribution in [-0.2, 0) is 0 Å². The van der Waals surface area contributed by atoms with Crippen molar-refractivity contribution in [3.63, 3.8) is 0 Å². The van der Waals surface area contributed by atoms with E-state index in [1.54, 1.807) is 0 Å². The van der Waals surface area contributed by atoms with E-state index in [4.69, 9.17) is 0 Å². The molecule has 0 N–H and O–H groups in total. The summed E-state index contributed by atoms with van der Waals surface area (Å²) in [6.07, 6.45) is 18.6. The highest BCUT2D eigenvalue weighted by Gasteiger charge is 2.62. The molecule has 7 aliphatic rings. The lowest BCUT2D eigenvalue weighted by molar-refractivity contribution is -0.160. The first-order valence-corrected chi connectivity index (χ1v) is 45.4. The van der Waals surface area contributed by atoms with Crippen LogP contribution in [0.3, 0.4) is 0 Å². The highest BCUT2D eigenvalue weighted by atomic mass is 14.7. The van der Waals surface area contributed by atoms with Gasteiger partial charge in [0.2, 0.25) is 0 Å². The van der Waals surface area contributed by atoms with Crippen LogP contribution in [-0.4, -0.2) is 0 Å². The summed E-state index contributed by atoms with van der Waals surface area (Å²) in [6.45, 7) is 103. The quantitative estimate of drug-likeness (QED) is 0.0810. The molecule has 33 atom stereocenters. The van der Waals surface area contributed by atoms with Crippen molar-refractivity contribution in [2.45, 2.75) is 347 Å². The molecule has 0 aromatic rings. The molecule has 0 amide bonds. The average molecular weight is 1360 g/mol. The van der Waals surface area contributed by atoms with Crippen LogP contribution in [0.25, 0.3) is 0 Å². The van der Waals surface area contributed by atoms with Crippen molar-refractivity contribution < 1.29 is 0 Å². The van der Waals surface area contributed by atoms with Gasteiger partial charge in [0, 0.05) is 0 Å². The number of fused-ring (bicyclic) bond motifs is 2. The van der Waals surface area contributed by atoms with E-state index in [1.165, 1.54) is 83.5 Å². The summed E-state index contributed by atoms with van der Waals surface area (Å²) in [5.74, 6) is 36.1. The summed E-state index contributed by atoms with van der Waals surface area (Å²) in [7, 11) is 0. The Kier molecular flexibility index (Phi) is 29.3. The van der Waals surface area contributed by atoms with Crippen molar-refractivity contribution >= 4 is 0 Å². The van der Waals surface area contributed by atoms with Crippen molar-refractivity contribution in [2.24, 2.45) is 277 Å². The fraction of sp³-hybridized carbons (Fsp3) is 1.00. The molecule has 576 valence electrons. The third-order valence-electron chi connectivity index (χ3n) is 39.9. The molecule has 98 heavy (non-hydrogen) atoms. The molecule has 7 aliphatic carbocycles. The van der Waals surface area contributed by atoms with E-state index < -0.39 is 0 Å². The molecule has 0 aromatic carbocycles. The zero-order chi connectivity index (χ0) is 74.1. The molecule has 33 unspecified atom stereocenters. The van der Waals surface area contributed by atoms with E-state index in [-0.39, 0.29) is 16.2 Å². The fourth-order valence-electron chi connectivity index (χ4n) is 32.0. The Balaban J connectivity index is 1.05. The van der Waals surface area contributed by atoms with E-state index in [1.807, 2.05) is 0 Å². The van der Waals surface area contributed by atoms with Crippen LogP contribution in [0, 0.1) is 277 Å². The topological polar surface area (TPSA) is 0 Å². The second-order valence-corrected chi connectivity index (χ2v) is 44.4. The molecule has 0 heterocycles. The van der Waals surface area contributed by atoms with Crippen molar-refractivity contribution in [2.75, 3.05) is 0 Å². The summed E-state index contributed by atoms with van der Waals surface area (Å²) in [6, 6.07) is 0. The van der Waals surface area contributed by atoms with Crippen LogP contribution >= 0.6 is 0 Å². The third-order valence-corrected chi connectivity index (χ3v) is 39.9. The maximum absolute atomic E-state index is 2.87. The SMILES string of the molecule is CCCC1C(C)C2CC3C(C)C(C)C(C(C)CCCC(C(C)C(C)C)C4C(C)C(C)C(CCC5C(C)C(C)C(C(C)C)C(C)C5C)C(C)C4C)C(C(C)C)C3CC2C(C)C1C(C)CC(C)(C)C(C)(C)C(C)(CC)C1C(C)C(C)C(CCC2C(C)C(C)C(C(C)C)C(C)C2C)C(C)C1C. The minimum absolute atomic E-state index is 0.188. The summed E-state index contributed by atoms with van der Waals surface area (Å²) in [5, 5.41) is 0. The van der Waals surface area contributed by atoms with Gasteiger partial charge in [-0.25, -0.2) is 0 Å². The van der Waals surface area contributed by atoms with Gasteiger partial charge in [-0.1, -0.05) is 289 Å². The zero-order valence-corrected chi connectivity index (χ0v) is 74.1. The Labute approximate surface area is 619 Å². The van der Waals surface area contributed by atoms with Crippen LogP contribution < -0.4 is 0 Å². The van der Waals surface area contributed by atoms with Crippen molar-refractivity contribution in [1.29, 1.82) is 0 Å². The summed E-state index contributed by atoms with van der Waals surface area (Å²) >= 11 is 0. The molecule has 0 nitrogen and oxygen atoms in total. The Morgan fingerprint density at radius 3 is 1.02 bits per heavy atom. The van der Waals surface area contributed by atoms with E-state index in [0.29, 0.717) is 0 Å². The highest BCUT2D eigenvalue weighted by Crippen LogP contribution is 2.69. The lowest BCUT2D eigenvalue weighted by Gasteiger charge is -2.64. The summed E-state index contributed by atoms with van der Waals surface area (Å²) < 4.78 is 0. The largest absolute Gasteiger partial charge is 0.0654 e. The summed E-state index contributed by atoms with van der Waals surface area (Å²) in [4.78, 5) is 0. The van der Waals surface area contributed by atoms with Gasteiger partial charge in [0.05, 0.1) is 0 Å². The second-order valence-electron chi connectivity index (χ2n) is 44.4. The van der Waals surface area contributed by atoms with Gasteiger partial charge in [-0.05, 0) is 334 Å². The number of rotatable bonds is 26. The van der Waals surface area contributed by atoms with Crippen LogP contribution in [0.1, 0.15) is 347 Å². The Hall–Kier alpha value is 0. The van der Waals surface area contributed by atoms with Gasteiger partial charge in [0.15, 0.2) is 0 Å². The second kappa shape index (κ2) is 33.6. The van der Waals surface area contributed by atoms with Crippen LogP contribution in [0.5, 0.6) is 0 Å². The van der Waals surface area contributed by atoms with E-state index in [9.17, 15) is 0 Å². The Morgan fingerprint density at radius 1 is 0.306 bits per heavy atom. The highest BCUT2D eigenvalue weighted by molar-refractivity contribution is 5.11. The standard InChI is InChI=1S/C98H184/c1-39-42-83-77(32)86-49-85-65(20)72(27)93(56(11)43-41-44-84(58(13)52(3)4)94-73(28)63(18)81(64(19)74(94)29)46-45-79-59(14)68(23)89(53(5)6)69(24)60(79)15)91(55(9)10)88(85)50-87(86)78(33)92(83)57(12)51-96(34,35)97(36,37)98(38,40-2)95-75(30)66(21)82(67(22)76(95)31)48-47-80-61(16)70(25)90(54(7)8)71(26)62(80)17/h52-95H,39-51H2,1-38H3.